The first-order chi connectivity index (χ1) is 12.1. The van der Waals surface area contributed by atoms with Crippen LogP contribution >= 0.6 is 0 Å². The molecule has 0 aromatic heterocycles. The fourth-order valence-electron chi connectivity index (χ4n) is 5.86. The maximum Gasteiger partial charge on any atom is 0.310 e. The zero-order valence-corrected chi connectivity index (χ0v) is 13.4. The maximum absolute atomic E-state index is 13.4. The second-order valence-corrected chi connectivity index (χ2v) is 7.59. The highest BCUT2D eigenvalue weighted by atomic mass is 16.5. The first kappa shape index (κ1) is 14.0. The molecule has 0 aliphatic carbocycles. The maximum atomic E-state index is 13.4. The molecule has 0 saturated carbocycles. The summed E-state index contributed by atoms with van der Waals surface area (Å²) in [4.78, 5) is 27.0. The largest absolute Gasteiger partial charge is 0.481 e. The van der Waals surface area contributed by atoms with Crippen LogP contribution in [0.1, 0.15) is 18.1 Å². The van der Waals surface area contributed by atoms with Gasteiger partial charge in [0.2, 0.25) is 5.91 Å². The molecule has 5 aliphatic rings. The van der Waals surface area contributed by atoms with Crippen LogP contribution in [0, 0.1) is 17.8 Å². The van der Waals surface area contributed by atoms with Crippen LogP contribution in [0.15, 0.2) is 36.4 Å². The summed E-state index contributed by atoms with van der Waals surface area (Å²) in [6.07, 6.45) is 4.07. The molecule has 1 aromatic carbocycles. The Hall–Kier alpha value is -2.18. The van der Waals surface area contributed by atoms with E-state index in [-0.39, 0.29) is 24.0 Å². The number of para-hydroxylation sites is 1. The Balaban J connectivity index is 1.59. The minimum absolute atomic E-state index is 0.0571. The number of carbonyl (C=O) groups is 2. The molecule has 128 valence electrons. The van der Waals surface area contributed by atoms with Gasteiger partial charge in [0.25, 0.3) is 0 Å². The number of amides is 1. The summed E-state index contributed by atoms with van der Waals surface area (Å²) in [5.74, 6) is -2.42. The number of hydrogen-bond donors (Lipinski definition) is 1. The van der Waals surface area contributed by atoms with E-state index >= 15 is 0 Å². The molecule has 5 aliphatic heterocycles. The molecule has 3 fully saturated rings. The van der Waals surface area contributed by atoms with Crippen molar-refractivity contribution in [3.63, 3.8) is 0 Å². The van der Waals surface area contributed by atoms with Crippen molar-refractivity contribution < 1.29 is 24.2 Å². The topological polar surface area (TPSA) is 76.1 Å². The minimum Gasteiger partial charge on any atom is -0.481 e. The van der Waals surface area contributed by atoms with Gasteiger partial charge < -0.3 is 19.5 Å². The van der Waals surface area contributed by atoms with E-state index in [0.717, 1.165) is 17.7 Å². The molecule has 1 amide bonds. The van der Waals surface area contributed by atoms with Crippen molar-refractivity contribution in [1.82, 2.24) is 0 Å². The van der Waals surface area contributed by atoms with E-state index in [1.165, 1.54) is 0 Å². The smallest absolute Gasteiger partial charge is 0.310 e. The summed E-state index contributed by atoms with van der Waals surface area (Å²) in [7, 11) is 0. The minimum atomic E-state index is -0.957. The van der Waals surface area contributed by atoms with Crippen LogP contribution in [-0.2, 0) is 19.1 Å². The summed E-state index contributed by atoms with van der Waals surface area (Å²) in [6, 6.07) is 7.61. The third kappa shape index (κ3) is 1.42. The van der Waals surface area contributed by atoms with Crippen molar-refractivity contribution in [2.45, 2.75) is 30.3 Å². The van der Waals surface area contributed by atoms with Crippen LogP contribution < -0.4 is 4.90 Å². The van der Waals surface area contributed by atoms with E-state index in [2.05, 4.69) is 0 Å². The molecular formula is C19H17NO5. The second kappa shape index (κ2) is 4.31. The van der Waals surface area contributed by atoms with Crippen LogP contribution in [0.4, 0.5) is 5.69 Å². The fourth-order valence-corrected chi connectivity index (χ4v) is 5.86. The molecule has 1 spiro atoms. The third-order valence-electron chi connectivity index (χ3n) is 6.66. The number of nitrogens with zero attached hydrogens (tertiary/aromatic N) is 1. The lowest BCUT2D eigenvalue weighted by Crippen LogP contribution is -2.53. The van der Waals surface area contributed by atoms with Crippen LogP contribution in [0.5, 0.6) is 0 Å². The highest BCUT2D eigenvalue weighted by Crippen LogP contribution is 2.62. The van der Waals surface area contributed by atoms with E-state index in [0.29, 0.717) is 6.61 Å². The monoisotopic (exact) mass is 339 g/mol. The van der Waals surface area contributed by atoms with Crippen molar-refractivity contribution in [3.8, 4) is 0 Å². The van der Waals surface area contributed by atoms with Crippen LogP contribution in [-0.4, -0.2) is 41.3 Å². The van der Waals surface area contributed by atoms with Gasteiger partial charge in [0.15, 0.2) is 0 Å². The fraction of sp³-hybridized carbons (Fsp3) is 0.474. The molecule has 6 heteroatoms. The molecular weight excluding hydrogens is 322 g/mol. The lowest BCUT2D eigenvalue weighted by molar-refractivity contribution is -0.146. The predicted octanol–water partition coefficient (Wildman–Crippen LogP) is 1.52. The molecule has 6 nitrogen and oxygen atoms in total. The quantitative estimate of drug-likeness (QED) is 0.785. The summed E-state index contributed by atoms with van der Waals surface area (Å²) < 4.78 is 12.2. The van der Waals surface area contributed by atoms with Gasteiger partial charge in [0, 0.05) is 23.8 Å². The molecule has 0 unspecified atom stereocenters. The van der Waals surface area contributed by atoms with Gasteiger partial charge in [-0.2, -0.15) is 0 Å². The van der Waals surface area contributed by atoms with E-state index in [9.17, 15) is 14.7 Å². The Morgan fingerprint density at radius 3 is 3.00 bits per heavy atom. The summed E-state index contributed by atoms with van der Waals surface area (Å²) >= 11 is 0. The van der Waals surface area contributed by atoms with Crippen LogP contribution in [0.3, 0.4) is 0 Å². The van der Waals surface area contributed by atoms with Gasteiger partial charge in [-0.05, 0) is 12.5 Å². The van der Waals surface area contributed by atoms with Crippen molar-refractivity contribution in [3.05, 3.63) is 42.0 Å². The first-order valence-electron chi connectivity index (χ1n) is 8.77. The molecule has 1 N–H and O–H groups in total. The molecule has 2 bridgehead atoms. The Morgan fingerprint density at radius 2 is 2.16 bits per heavy atom. The van der Waals surface area contributed by atoms with Gasteiger partial charge in [0.1, 0.15) is 11.5 Å². The van der Waals surface area contributed by atoms with Gasteiger partial charge in [-0.3, -0.25) is 9.59 Å². The molecule has 25 heavy (non-hydrogen) atoms. The number of carbonyl (C=O) groups excluding carboxylic acids is 1. The molecule has 0 radical (unpaired) electrons. The number of ether oxygens (including phenoxy) is 2. The zero-order valence-electron chi connectivity index (χ0n) is 13.4. The summed E-state index contributed by atoms with van der Waals surface area (Å²) in [5.41, 5.74) is 1.03. The number of carboxylic acid groups (broad SMARTS) is 1. The number of carboxylic acids is 1. The third-order valence-corrected chi connectivity index (χ3v) is 6.66. The number of benzene rings is 1. The predicted molar refractivity (Wildman–Crippen MR) is 85.9 cm³/mol. The van der Waals surface area contributed by atoms with Crippen molar-refractivity contribution in [2.24, 2.45) is 17.8 Å². The number of aliphatic carboxylic acids is 1. The molecule has 7 atom stereocenters. The normalized spacial score (nSPS) is 45.3. The van der Waals surface area contributed by atoms with Crippen LogP contribution in [0.2, 0.25) is 0 Å². The summed E-state index contributed by atoms with van der Waals surface area (Å²) in [5, 5.41) is 9.70. The molecule has 1 aromatic rings. The Morgan fingerprint density at radius 1 is 1.32 bits per heavy atom. The Kier molecular flexibility index (Phi) is 2.42. The van der Waals surface area contributed by atoms with Crippen molar-refractivity contribution in [2.75, 3.05) is 11.5 Å². The average Bonchev–Trinajstić information content (AvgIpc) is 3.35. The lowest BCUT2D eigenvalue weighted by atomic mass is 9.70. The highest BCUT2D eigenvalue weighted by molar-refractivity contribution is 6.04. The first-order valence-corrected chi connectivity index (χ1v) is 8.77. The van der Waals surface area contributed by atoms with E-state index in [1.807, 2.05) is 41.3 Å². The molecule has 5 heterocycles. The molecule has 3 saturated heterocycles. The van der Waals surface area contributed by atoms with Gasteiger partial charge in [-0.15, -0.1) is 0 Å². The van der Waals surface area contributed by atoms with Crippen LogP contribution in [0.25, 0.3) is 0 Å². The van der Waals surface area contributed by atoms with Gasteiger partial charge in [-0.25, -0.2) is 0 Å². The number of fused-ring (bicyclic) bond motifs is 7. The summed E-state index contributed by atoms with van der Waals surface area (Å²) in [6.45, 7) is 0.651. The van der Waals surface area contributed by atoms with E-state index in [1.54, 1.807) is 0 Å². The average molecular weight is 339 g/mol. The zero-order chi connectivity index (χ0) is 16.9. The van der Waals surface area contributed by atoms with E-state index in [4.69, 9.17) is 9.47 Å². The Labute approximate surface area is 144 Å². The number of rotatable bonds is 1. The van der Waals surface area contributed by atoms with E-state index < -0.39 is 29.5 Å². The second-order valence-electron chi connectivity index (χ2n) is 7.59. The lowest BCUT2D eigenvalue weighted by Gasteiger charge is -2.43. The van der Waals surface area contributed by atoms with Crippen molar-refractivity contribution >= 4 is 17.6 Å². The number of hydrogen-bond acceptors (Lipinski definition) is 4. The number of anilines is 1. The van der Waals surface area contributed by atoms with Gasteiger partial charge >= 0.3 is 5.97 Å². The van der Waals surface area contributed by atoms with Gasteiger partial charge in [0.05, 0.1) is 24.2 Å². The van der Waals surface area contributed by atoms with Crippen molar-refractivity contribution in [1.29, 1.82) is 0 Å². The standard InChI is InChI=1S/C19H17NO5/c21-17-14-13(18(22)23)12-5-7-19(14,25-12)16-10-6-8-24-15(10)9-3-1-2-4-11(9)20(16)17/h1-5,7,10,12-16H,6,8H2,(H,22,23)/t10-,12+,13-,14+,15-,16+,19-/m0/s1. The van der Waals surface area contributed by atoms with Gasteiger partial charge in [-0.1, -0.05) is 30.4 Å². The SMILES string of the molecule is O=C(O)[C@H]1[C@H]2C=C[C@]3(O2)[C@H]1C(=O)N1c2ccccc2[C@@H]2OCC[C@@H]2[C@@H]13. The Bertz CT molecular complexity index is 850. The highest BCUT2D eigenvalue weighted by Gasteiger charge is 2.74. The molecule has 6 rings (SSSR count).